The van der Waals surface area contributed by atoms with E-state index in [1.807, 2.05) is 0 Å². The Morgan fingerprint density at radius 3 is 3.00 bits per heavy atom. The van der Waals surface area contributed by atoms with Gasteiger partial charge in [0.25, 0.3) is 0 Å². The van der Waals surface area contributed by atoms with Crippen molar-refractivity contribution in [2.75, 3.05) is 45.2 Å². The number of nitrogens with zero attached hydrogens (tertiary/aromatic N) is 3. The first-order valence-corrected chi connectivity index (χ1v) is 11.1. The molecule has 144 valence electrons. The molecule has 1 atom stereocenters. The molecule has 1 saturated heterocycles. The minimum Gasteiger partial charge on any atom is -0.383 e. The Kier molecular flexibility index (Phi) is 5.73. The van der Waals surface area contributed by atoms with E-state index in [1.165, 1.54) is 22.2 Å². The van der Waals surface area contributed by atoms with E-state index >= 15 is 0 Å². The van der Waals surface area contributed by atoms with Crippen LogP contribution in [0, 0.1) is 19.8 Å². The first-order chi connectivity index (χ1) is 13.2. The summed E-state index contributed by atoms with van der Waals surface area (Å²) in [7, 11) is 1.77. The Hall–Kier alpha value is -1.54. The molecule has 4 rings (SSSR count). The van der Waals surface area contributed by atoms with Gasteiger partial charge in [-0.25, -0.2) is 9.97 Å². The van der Waals surface area contributed by atoms with Crippen molar-refractivity contribution in [2.24, 2.45) is 5.92 Å². The zero-order chi connectivity index (χ0) is 18.8. The summed E-state index contributed by atoms with van der Waals surface area (Å²) in [6.45, 7) is 9.42. The maximum absolute atomic E-state index is 5.21. The number of nitrogens with one attached hydrogen (secondary N) is 1. The number of hydrogen-bond donors (Lipinski definition) is 1. The molecular weight excluding hydrogens is 376 g/mol. The number of hydrogen-bond acceptors (Lipinski definition) is 7. The number of anilines is 1. The van der Waals surface area contributed by atoms with Crippen LogP contribution in [0.15, 0.2) is 17.5 Å². The first-order valence-electron chi connectivity index (χ1n) is 9.42. The second kappa shape index (κ2) is 8.22. The molecule has 0 amide bonds. The normalized spacial score (nSPS) is 17.8. The summed E-state index contributed by atoms with van der Waals surface area (Å²) in [6, 6.07) is 4.15. The molecule has 3 aromatic rings. The van der Waals surface area contributed by atoms with Crippen LogP contribution in [-0.4, -0.2) is 54.8 Å². The zero-order valence-electron chi connectivity index (χ0n) is 16.1. The SMILES string of the molecule is COCCN1CCC(CNc2nc(-c3cccs3)nc3sc(C)c(C)c23)C1. The lowest BCUT2D eigenvalue weighted by Crippen LogP contribution is -2.26. The van der Waals surface area contributed by atoms with Crippen molar-refractivity contribution >= 4 is 38.7 Å². The molecule has 1 aliphatic heterocycles. The Balaban J connectivity index is 1.55. The highest BCUT2D eigenvalue weighted by molar-refractivity contribution is 7.19. The second-order valence-corrected chi connectivity index (χ2v) is 9.32. The van der Waals surface area contributed by atoms with Gasteiger partial charge in [-0.3, -0.25) is 0 Å². The number of methoxy groups -OCH3 is 1. The fraction of sp³-hybridized carbons (Fsp3) is 0.500. The summed E-state index contributed by atoms with van der Waals surface area (Å²) >= 11 is 3.45. The van der Waals surface area contributed by atoms with E-state index in [4.69, 9.17) is 14.7 Å². The van der Waals surface area contributed by atoms with Gasteiger partial charge in [0, 0.05) is 31.6 Å². The summed E-state index contributed by atoms with van der Waals surface area (Å²) in [6.07, 6.45) is 1.23. The van der Waals surface area contributed by atoms with Gasteiger partial charge in [-0.05, 0) is 49.7 Å². The van der Waals surface area contributed by atoms with Crippen molar-refractivity contribution in [3.05, 3.63) is 28.0 Å². The quantitative estimate of drug-likeness (QED) is 0.634. The number of rotatable bonds is 7. The molecule has 0 spiro atoms. The highest BCUT2D eigenvalue weighted by Crippen LogP contribution is 2.36. The van der Waals surface area contributed by atoms with Crippen LogP contribution in [0.3, 0.4) is 0 Å². The molecule has 27 heavy (non-hydrogen) atoms. The molecule has 1 unspecified atom stereocenters. The molecule has 7 heteroatoms. The molecule has 5 nitrogen and oxygen atoms in total. The molecule has 0 aliphatic carbocycles. The van der Waals surface area contributed by atoms with E-state index in [-0.39, 0.29) is 0 Å². The van der Waals surface area contributed by atoms with Crippen LogP contribution >= 0.6 is 22.7 Å². The van der Waals surface area contributed by atoms with E-state index in [9.17, 15) is 0 Å². The van der Waals surface area contributed by atoms with E-state index in [0.717, 1.165) is 54.1 Å². The monoisotopic (exact) mass is 402 g/mol. The summed E-state index contributed by atoms with van der Waals surface area (Å²) in [5.41, 5.74) is 1.29. The highest BCUT2D eigenvalue weighted by atomic mass is 32.1. The topological polar surface area (TPSA) is 50.3 Å². The molecule has 0 bridgehead atoms. The minimum atomic E-state index is 0.650. The molecule has 0 radical (unpaired) electrons. The number of aryl methyl sites for hydroxylation is 2. The lowest BCUT2D eigenvalue weighted by Gasteiger charge is -2.16. The average molecular weight is 403 g/mol. The lowest BCUT2D eigenvalue weighted by molar-refractivity contribution is 0.159. The zero-order valence-corrected chi connectivity index (χ0v) is 17.8. The Labute approximate surface area is 168 Å². The highest BCUT2D eigenvalue weighted by Gasteiger charge is 2.23. The molecule has 1 fully saturated rings. The van der Waals surface area contributed by atoms with Crippen molar-refractivity contribution in [1.29, 1.82) is 0 Å². The predicted octanol–water partition coefficient (Wildman–Crippen LogP) is 4.42. The third-order valence-electron chi connectivity index (χ3n) is 5.31. The van der Waals surface area contributed by atoms with E-state index < -0.39 is 0 Å². The second-order valence-electron chi connectivity index (χ2n) is 7.17. The van der Waals surface area contributed by atoms with Crippen molar-refractivity contribution in [1.82, 2.24) is 14.9 Å². The van der Waals surface area contributed by atoms with Crippen LogP contribution in [-0.2, 0) is 4.74 Å². The lowest BCUT2D eigenvalue weighted by atomic mass is 10.1. The molecule has 1 aliphatic rings. The smallest absolute Gasteiger partial charge is 0.173 e. The summed E-state index contributed by atoms with van der Waals surface area (Å²) in [5, 5.41) is 6.93. The number of fused-ring (bicyclic) bond motifs is 1. The van der Waals surface area contributed by atoms with Gasteiger partial charge in [0.2, 0.25) is 0 Å². The Morgan fingerprint density at radius 1 is 1.33 bits per heavy atom. The van der Waals surface area contributed by atoms with Gasteiger partial charge in [0.05, 0.1) is 16.9 Å². The fourth-order valence-electron chi connectivity index (χ4n) is 3.64. The van der Waals surface area contributed by atoms with Crippen molar-refractivity contribution in [3.63, 3.8) is 0 Å². The molecule has 3 aromatic heterocycles. The van der Waals surface area contributed by atoms with Crippen LogP contribution in [0.2, 0.25) is 0 Å². The predicted molar refractivity (Wildman–Crippen MR) is 115 cm³/mol. The van der Waals surface area contributed by atoms with E-state index in [1.54, 1.807) is 29.8 Å². The van der Waals surface area contributed by atoms with Gasteiger partial charge < -0.3 is 15.0 Å². The van der Waals surface area contributed by atoms with Crippen molar-refractivity contribution < 1.29 is 4.74 Å². The van der Waals surface area contributed by atoms with E-state index in [2.05, 4.69) is 41.6 Å². The summed E-state index contributed by atoms with van der Waals surface area (Å²) < 4.78 is 5.21. The maximum Gasteiger partial charge on any atom is 0.173 e. The summed E-state index contributed by atoms with van der Waals surface area (Å²) in [5.74, 6) is 2.46. The molecule has 4 heterocycles. The Bertz CT molecular complexity index is 906. The van der Waals surface area contributed by atoms with Crippen LogP contribution in [0.1, 0.15) is 16.9 Å². The number of thiophene rings is 2. The fourth-order valence-corrected chi connectivity index (χ4v) is 5.32. The third kappa shape index (κ3) is 4.01. The van der Waals surface area contributed by atoms with Crippen LogP contribution in [0.5, 0.6) is 0 Å². The number of ether oxygens (including phenoxy) is 1. The van der Waals surface area contributed by atoms with Crippen molar-refractivity contribution in [3.8, 4) is 10.7 Å². The van der Waals surface area contributed by atoms with Gasteiger partial charge in [-0.15, -0.1) is 22.7 Å². The Morgan fingerprint density at radius 2 is 2.22 bits per heavy atom. The largest absolute Gasteiger partial charge is 0.383 e. The van der Waals surface area contributed by atoms with Crippen LogP contribution < -0.4 is 5.32 Å². The van der Waals surface area contributed by atoms with Gasteiger partial charge in [0.1, 0.15) is 10.6 Å². The van der Waals surface area contributed by atoms with Gasteiger partial charge >= 0.3 is 0 Å². The van der Waals surface area contributed by atoms with Crippen molar-refractivity contribution in [2.45, 2.75) is 20.3 Å². The number of aromatic nitrogens is 2. The molecule has 0 saturated carbocycles. The molecule has 1 N–H and O–H groups in total. The number of likely N-dealkylation sites (tertiary alicyclic amines) is 1. The van der Waals surface area contributed by atoms with Gasteiger partial charge in [0.15, 0.2) is 5.82 Å². The van der Waals surface area contributed by atoms with Gasteiger partial charge in [-0.1, -0.05) is 6.07 Å². The molecule has 0 aromatic carbocycles. The third-order valence-corrected chi connectivity index (χ3v) is 7.28. The first kappa shape index (κ1) is 18.8. The average Bonchev–Trinajstić information content (AvgIpc) is 3.40. The minimum absolute atomic E-state index is 0.650. The van der Waals surface area contributed by atoms with Gasteiger partial charge in [-0.2, -0.15) is 0 Å². The van der Waals surface area contributed by atoms with Crippen LogP contribution in [0.4, 0.5) is 5.82 Å². The molecular formula is C20H26N4OS2. The van der Waals surface area contributed by atoms with Crippen LogP contribution in [0.25, 0.3) is 20.9 Å². The summed E-state index contributed by atoms with van der Waals surface area (Å²) in [4.78, 5) is 15.8. The van der Waals surface area contributed by atoms with E-state index in [0.29, 0.717) is 5.92 Å². The maximum atomic E-state index is 5.21. The standard InChI is InChI=1S/C20H26N4OS2/c1-13-14(2)27-20-17(13)19(22-18(23-20)16-5-4-10-26-16)21-11-15-6-7-24(12-15)8-9-25-3/h4-5,10,15H,6-9,11-12H2,1-3H3,(H,21,22,23).